The van der Waals surface area contributed by atoms with Crippen molar-refractivity contribution in [2.45, 2.75) is 50.6 Å². The number of ketones is 1. The molecule has 2 atom stereocenters. The van der Waals surface area contributed by atoms with E-state index in [1.807, 2.05) is 0 Å². The summed E-state index contributed by atoms with van der Waals surface area (Å²) in [4.78, 5) is 14.5. The summed E-state index contributed by atoms with van der Waals surface area (Å²) < 4.78 is 4.99. The van der Waals surface area contributed by atoms with Crippen LogP contribution >= 0.6 is 0 Å². The van der Waals surface area contributed by atoms with Crippen molar-refractivity contribution in [3.8, 4) is 0 Å². The van der Waals surface area contributed by atoms with Crippen molar-refractivity contribution in [3.63, 3.8) is 0 Å². The van der Waals surface area contributed by atoms with Crippen LogP contribution in [0.3, 0.4) is 0 Å². The van der Waals surface area contributed by atoms with Gasteiger partial charge in [-0.1, -0.05) is 0 Å². The molecule has 3 nitrogen and oxygen atoms in total. The molecular formula is C13H23NO2. The highest BCUT2D eigenvalue weighted by molar-refractivity contribution is 5.81. The number of Topliss-reactive ketones (excluding diaryl/α,β-unsaturated/α-hetero) is 1. The van der Waals surface area contributed by atoms with Gasteiger partial charge in [-0.3, -0.25) is 4.79 Å². The van der Waals surface area contributed by atoms with E-state index in [1.54, 1.807) is 7.11 Å². The zero-order valence-corrected chi connectivity index (χ0v) is 10.4. The Kier molecular flexibility index (Phi) is 3.98. The summed E-state index contributed by atoms with van der Waals surface area (Å²) in [7, 11) is 3.91. The molecule has 2 aliphatic rings. The maximum absolute atomic E-state index is 12.0. The van der Waals surface area contributed by atoms with Crippen molar-refractivity contribution in [1.82, 2.24) is 4.90 Å². The van der Waals surface area contributed by atoms with Gasteiger partial charge >= 0.3 is 0 Å². The van der Waals surface area contributed by atoms with E-state index in [-0.39, 0.29) is 0 Å². The third-order valence-electron chi connectivity index (χ3n) is 4.33. The van der Waals surface area contributed by atoms with Crippen LogP contribution in [0.5, 0.6) is 0 Å². The fourth-order valence-electron chi connectivity index (χ4n) is 3.27. The molecule has 2 heterocycles. The molecule has 3 heteroatoms. The Labute approximate surface area is 98.1 Å². The molecule has 0 spiro atoms. The van der Waals surface area contributed by atoms with Gasteiger partial charge in [0.25, 0.3) is 0 Å². The fraction of sp³-hybridized carbons (Fsp3) is 0.923. The van der Waals surface area contributed by atoms with Crippen LogP contribution < -0.4 is 0 Å². The van der Waals surface area contributed by atoms with Gasteiger partial charge < -0.3 is 9.64 Å². The van der Waals surface area contributed by atoms with Gasteiger partial charge in [-0.2, -0.15) is 0 Å². The fourth-order valence-corrected chi connectivity index (χ4v) is 3.27. The lowest BCUT2D eigenvalue weighted by Gasteiger charge is -2.35. The van der Waals surface area contributed by atoms with E-state index in [0.717, 1.165) is 19.3 Å². The molecular weight excluding hydrogens is 202 g/mol. The van der Waals surface area contributed by atoms with Crippen molar-refractivity contribution in [2.75, 3.05) is 20.8 Å². The summed E-state index contributed by atoms with van der Waals surface area (Å²) in [5, 5.41) is 0. The van der Waals surface area contributed by atoms with Crippen LogP contribution in [-0.2, 0) is 9.53 Å². The van der Waals surface area contributed by atoms with Crippen molar-refractivity contribution in [2.24, 2.45) is 5.92 Å². The predicted molar refractivity (Wildman–Crippen MR) is 63.4 cm³/mol. The van der Waals surface area contributed by atoms with Crippen LogP contribution in [0.2, 0.25) is 0 Å². The van der Waals surface area contributed by atoms with Gasteiger partial charge in [0, 0.05) is 38.1 Å². The Morgan fingerprint density at radius 3 is 2.50 bits per heavy atom. The third-order valence-corrected chi connectivity index (χ3v) is 4.33. The zero-order chi connectivity index (χ0) is 11.5. The van der Waals surface area contributed by atoms with Crippen molar-refractivity contribution < 1.29 is 9.53 Å². The number of nitrogens with zero attached hydrogens (tertiary/aromatic N) is 1. The molecule has 2 fully saturated rings. The SMILES string of the molecule is COCCCC(=O)C1CC2CCC(C1)N2C. The number of carbonyl (C=O) groups is 1. The quantitative estimate of drug-likeness (QED) is 0.669. The maximum Gasteiger partial charge on any atom is 0.136 e. The predicted octanol–water partition coefficient (Wildman–Crippen LogP) is 1.85. The van der Waals surface area contributed by atoms with Gasteiger partial charge in [0.15, 0.2) is 0 Å². The Hall–Kier alpha value is -0.410. The average Bonchev–Trinajstić information content (AvgIpc) is 2.53. The molecule has 0 aliphatic carbocycles. The van der Waals surface area contributed by atoms with Crippen molar-refractivity contribution >= 4 is 5.78 Å². The van der Waals surface area contributed by atoms with Gasteiger partial charge in [0.1, 0.15) is 5.78 Å². The summed E-state index contributed by atoms with van der Waals surface area (Å²) in [6.45, 7) is 0.714. The van der Waals surface area contributed by atoms with Gasteiger partial charge in [-0.15, -0.1) is 0 Å². The summed E-state index contributed by atoms with van der Waals surface area (Å²) >= 11 is 0. The van der Waals surface area contributed by atoms with E-state index < -0.39 is 0 Å². The molecule has 92 valence electrons. The smallest absolute Gasteiger partial charge is 0.136 e. The molecule has 2 aliphatic heterocycles. The minimum Gasteiger partial charge on any atom is -0.385 e. The lowest BCUT2D eigenvalue weighted by molar-refractivity contribution is -0.125. The topological polar surface area (TPSA) is 29.5 Å². The van der Waals surface area contributed by atoms with Gasteiger partial charge in [-0.25, -0.2) is 0 Å². The van der Waals surface area contributed by atoms with Crippen LogP contribution in [0, 0.1) is 5.92 Å². The lowest BCUT2D eigenvalue weighted by Crippen LogP contribution is -2.42. The summed E-state index contributed by atoms with van der Waals surface area (Å²) in [5.41, 5.74) is 0. The van der Waals surface area contributed by atoms with E-state index in [0.29, 0.717) is 36.8 Å². The first kappa shape index (κ1) is 12.1. The second-order valence-corrected chi connectivity index (χ2v) is 5.28. The van der Waals surface area contributed by atoms with Gasteiger partial charge in [-0.05, 0) is 39.2 Å². The van der Waals surface area contributed by atoms with Crippen LogP contribution in [0.1, 0.15) is 38.5 Å². The number of ether oxygens (including phenoxy) is 1. The first-order chi connectivity index (χ1) is 7.72. The Balaban J connectivity index is 1.81. The summed E-state index contributed by atoms with van der Waals surface area (Å²) in [5.74, 6) is 0.813. The molecule has 0 radical (unpaired) electrons. The zero-order valence-electron chi connectivity index (χ0n) is 10.4. The van der Waals surface area contributed by atoms with Crippen molar-refractivity contribution in [3.05, 3.63) is 0 Å². The van der Waals surface area contributed by atoms with Crippen LogP contribution in [0.4, 0.5) is 0 Å². The minimum absolute atomic E-state index is 0.338. The van der Waals surface area contributed by atoms with E-state index in [4.69, 9.17) is 4.74 Å². The van der Waals surface area contributed by atoms with Gasteiger partial charge in [0.05, 0.1) is 0 Å². The number of fused-ring (bicyclic) bond motifs is 2. The lowest BCUT2D eigenvalue weighted by atomic mass is 9.86. The number of hydrogen-bond acceptors (Lipinski definition) is 3. The molecule has 2 unspecified atom stereocenters. The standard InChI is InChI=1S/C13H23NO2/c1-14-11-5-6-12(14)9-10(8-11)13(15)4-3-7-16-2/h10-12H,3-9H2,1-2H3. The Morgan fingerprint density at radius 1 is 1.31 bits per heavy atom. The summed E-state index contributed by atoms with van der Waals surface area (Å²) in [6.07, 6.45) is 6.38. The highest BCUT2D eigenvalue weighted by Gasteiger charge is 2.40. The molecule has 16 heavy (non-hydrogen) atoms. The highest BCUT2D eigenvalue weighted by atomic mass is 16.5. The second-order valence-electron chi connectivity index (χ2n) is 5.28. The molecule has 2 saturated heterocycles. The number of hydrogen-bond donors (Lipinski definition) is 0. The largest absolute Gasteiger partial charge is 0.385 e. The van der Waals surface area contributed by atoms with Crippen LogP contribution in [-0.4, -0.2) is 43.5 Å². The first-order valence-electron chi connectivity index (χ1n) is 6.46. The monoisotopic (exact) mass is 225 g/mol. The number of methoxy groups -OCH3 is 1. The highest BCUT2D eigenvalue weighted by Crippen LogP contribution is 2.38. The molecule has 2 rings (SSSR count). The van der Waals surface area contributed by atoms with Gasteiger partial charge in [0.2, 0.25) is 0 Å². The molecule has 0 aromatic heterocycles. The third kappa shape index (κ3) is 2.46. The number of piperidine rings is 1. The molecule has 0 saturated carbocycles. The second kappa shape index (κ2) is 5.28. The normalized spacial score (nSPS) is 34.2. The molecule has 0 aromatic carbocycles. The Bertz CT molecular complexity index is 240. The van der Waals surface area contributed by atoms with E-state index >= 15 is 0 Å². The maximum atomic E-state index is 12.0. The molecule has 0 N–H and O–H groups in total. The average molecular weight is 225 g/mol. The minimum atomic E-state index is 0.338. The molecule has 0 aromatic rings. The molecule has 0 amide bonds. The number of carbonyl (C=O) groups excluding carboxylic acids is 1. The van der Waals surface area contributed by atoms with Crippen LogP contribution in [0.25, 0.3) is 0 Å². The van der Waals surface area contributed by atoms with E-state index in [1.165, 1.54) is 12.8 Å². The van der Waals surface area contributed by atoms with Crippen LogP contribution in [0.15, 0.2) is 0 Å². The number of rotatable bonds is 5. The first-order valence-corrected chi connectivity index (χ1v) is 6.46. The van der Waals surface area contributed by atoms with Crippen molar-refractivity contribution in [1.29, 1.82) is 0 Å². The van der Waals surface area contributed by atoms with E-state index in [2.05, 4.69) is 11.9 Å². The Morgan fingerprint density at radius 2 is 1.94 bits per heavy atom. The molecule has 2 bridgehead atoms. The van der Waals surface area contributed by atoms with E-state index in [9.17, 15) is 4.79 Å². The summed E-state index contributed by atoms with van der Waals surface area (Å²) in [6, 6.07) is 1.35.